The Balaban J connectivity index is 1.84. The zero-order valence-corrected chi connectivity index (χ0v) is 16.0. The molecular weight excluding hydrogens is 326 g/mol. The van der Waals surface area contributed by atoms with Gasteiger partial charge in [0.25, 0.3) is 0 Å². The van der Waals surface area contributed by atoms with Gasteiger partial charge in [-0.25, -0.2) is 0 Å². The maximum absolute atomic E-state index is 6.10. The maximum Gasteiger partial charge on any atom is 0.161 e. The number of nitrogens with one attached hydrogen (secondary N) is 1. The Hall–Kier alpha value is -2.11. The molecule has 0 spiro atoms. The molecule has 0 bridgehead atoms. The minimum atomic E-state index is 0.0935. The number of hydrogen-bond donors (Lipinski definition) is 1. The predicted octanol–water partition coefficient (Wildman–Crippen LogP) is 3.05. The second-order valence-electron chi connectivity index (χ2n) is 6.47. The first-order valence-corrected chi connectivity index (χ1v) is 9.47. The van der Waals surface area contributed by atoms with Crippen molar-refractivity contribution in [2.45, 2.75) is 26.3 Å². The fraction of sp³-hybridized carbons (Fsp3) is 0.476. The van der Waals surface area contributed by atoms with Crippen LogP contribution in [0.2, 0.25) is 0 Å². The van der Waals surface area contributed by atoms with Gasteiger partial charge in [0.2, 0.25) is 0 Å². The van der Waals surface area contributed by atoms with Crippen molar-refractivity contribution in [3.8, 4) is 11.5 Å². The highest BCUT2D eigenvalue weighted by Gasteiger charge is 2.24. The van der Waals surface area contributed by atoms with Gasteiger partial charge in [0, 0.05) is 19.3 Å². The van der Waals surface area contributed by atoms with Crippen LogP contribution in [0, 0.1) is 0 Å². The summed E-state index contributed by atoms with van der Waals surface area (Å²) >= 11 is 0. The predicted molar refractivity (Wildman–Crippen MR) is 104 cm³/mol. The summed E-state index contributed by atoms with van der Waals surface area (Å²) in [5.41, 5.74) is 3.56. The number of benzene rings is 1. The molecule has 5 heteroatoms. The topological polar surface area (TPSA) is 46.6 Å². The SMILES string of the molecule is CCN(CC)CCOc1cc2c(cc1OC)CCNC2c1ccccn1. The van der Waals surface area contributed by atoms with Crippen molar-refractivity contribution in [3.05, 3.63) is 53.3 Å². The van der Waals surface area contributed by atoms with Gasteiger partial charge in [-0.1, -0.05) is 19.9 Å². The van der Waals surface area contributed by atoms with E-state index in [-0.39, 0.29) is 6.04 Å². The molecule has 0 radical (unpaired) electrons. The molecule has 5 nitrogen and oxygen atoms in total. The highest BCUT2D eigenvalue weighted by atomic mass is 16.5. The van der Waals surface area contributed by atoms with Crippen molar-refractivity contribution in [1.82, 2.24) is 15.2 Å². The lowest BCUT2D eigenvalue weighted by molar-refractivity contribution is 0.217. The van der Waals surface area contributed by atoms with Gasteiger partial charge in [0.1, 0.15) is 6.61 Å². The molecule has 0 fully saturated rings. The number of hydrogen-bond acceptors (Lipinski definition) is 5. The summed E-state index contributed by atoms with van der Waals surface area (Å²) in [6, 6.07) is 10.4. The molecule has 1 aromatic carbocycles. The van der Waals surface area contributed by atoms with E-state index < -0.39 is 0 Å². The smallest absolute Gasteiger partial charge is 0.161 e. The van der Waals surface area contributed by atoms with Crippen molar-refractivity contribution in [3.63, 3.8) is 0 Å². The zero-order valence-electron chi connectivity index (χ0n) is 16.0. The summed E-state index contributed by atoms with van der Waals surface area (Å²) in [7, 11) is 1.70. The summed E-state index contributed by atoms with van der Waals surface area (Å²) in [4.78, 5) is 6.89. The molecule has 3 rings (SSSR count). The van der Waals surface area contributed by atoms with Crippen LogP contribution >= 0.6 is 0 Å². The fourth-order valence-corrected chi connectivity index (χ4v) is 3.47. The number of rotatable bonds is 8. The third kappa shape index (κ3) is 4.17. The summed E-state index contributed by atoms with van der Waals surface area (Å²) < 4.78 is 11.7. The van der Waals surface area contributed by atoms with E-state index in [9.17, 15) is 0 Å². The van der Waals surface area contributed by atoms with Crippen LogP contribution < -0.4 is 14.8 Å². The van der Waals surface area contributed by atoms with E-state index in [1.165, 1.54) is 11.1 Å². The number of likely N-dealkylation sites (N-methyl/N-ethyl adjacent to an activating group) is 1. The Kier molecular flexibility index (Phi) is 6.47. The number of methoxy groups -OCH3 is 1. The van der Waals surface area contributed by atoms with Gasteiger partial charge in [-0.3, -0.25) is 4.98 Å². The molecule has 0 amide bonds. The molecule has 1 atom stereocenters. The first-order chi connectivity index (χ1) is 12.8. The van der Waals surface area contributed by atoms with Crippen LogP contribution in [0.1, 0.15) is 36.7 Å². The maximum atomic E-state index is 6.10. The van der Waals surface area contributed by atoms with Gasteiger partial charge in [0.05, 0.1) is 18.8 Å². The molecule has 1 unspecified atom stereocenters. The summed E-state index contributed by atoms with van der Waals surface area (Å²) in [5, 5.41) is 3.58. The van der Waals surface area contributed by atoms with Crippen LogP contribution in [-0.2, 0) is 6.42 Å². The first kappa shape index (κ1) is 18.7. The Morgan fingerprint density at radius 3 is 2.73 bits per heavy atom. The zero-order chi connectivity index (χ0) is 18.4. The van der Waals surface area contributed by atoms with E-state index in [1.807, 2.05) is 18.3 Å². The summed E-state index contributed by atoms with van der Waals surface area (Å²) in [5.74, 6) is 1.62. The molecule has 0 saturated carbocycles. The van der Waals surface area contributed by atoms with Gasteiger partial charge in [-0.05, 0) is 54.9 Å². The van der Waals surface area contributed by atoms with Crippen molar-refractivity contribution < 1.29 is 9.47 Å². The minimum Gasteiger partial charge on any atom is -0.493 e. The lowest BCUT2D eigenvalue weighted by atomic mass is 9.91. The average molecular weight is 355 g/mol. The standard InChI is InChI=1S/C21H29N3O2/c1-4-24(5-2)12-13-26-20-15-17-16(14-19(20)25-3)9-11-23-21(17)18-8-6-7-10-22-18/h6-8,10,14-15,21,23H,4-5,9,11-13H2,1-3H3. The molecule has 0 aliphatic carbocycles. The molecule has 2 heterocycles. The molecule has 2 aromatic rings. The van der Waals surface area contributed by atoms with E-state index in [4.69, 9.17) is 9.47 Å². The van der Waals surface area contributed by atoms with Crippen molar-refractivity contribution in [2.75, 3.05) is 39.9 Å². The van der Waals surface area contributed by atoms with Crippen molar-refractivity contribution in [1.29, 1.82) is 0 Å². The monoisotopic (exact) mass is 355 g/mol. The number of nitrogens with zero attached hydrogens (tertiary/aromatic N) is 2. The number of aromatic nitrogens is 1. The van der Waals surface area contributed by atoms with Gasteiger partial charge in [0.15, 0.2) is 11.5 Å². The van der Waals surface area contributed by atoms with Crippen LogP contribution in [0.25, 0.3) is 0 Å². The molecule has 1 aromatic heterocycles. The van der Waals surface area contributed by atoms with E-state index in [1.54, 1.807) is 7.11 Å². The van der Waals surface area contributed by atoms with E-state index in [0.29, 0.717) is 6.61 Å². The molecule has 0 saturated heterocycles. The summed E-state index contributed by atoms with van der Waals surface area (Å²) in [6.07, 6.45) is 2.82. The Morgan fingerprint density at radius 2 is 2.04 bits per heavy atom. The van der Waals surface area contributed by atoms with Crippen molar-refractivity contribution in [2.24, 2.45) is 0 Å². The third-order valence-electron chi connectivity index (χ3n) is 5.02. The molecule has 140 valence electrons. The highest BCUT2D eigenvalue weighted by Crippen LogP contribution is 2.37. The number of fused-ring (bicyclic) bond motifs is 1. The van der Waals surface area contributed by atoms with Crippen molar-refractivity contribution >= 4 is 0 Å². The van der Waals surface area contributed by atoms with Crippen LogP contribution in [0.15, 0.2) is 36.5 Å². The second kappa shape index (κ2) is 9.01. The van der Waals surface area contributed by atoms with Crippen LogP contribution in [0.4, 0.5) is 0 Å². The Labute approximate surface area is 156 Å². The second-order valence-corrected chi connectivity index (χ2v) is 6.47. The van der Waals surface area contributed by atoms with Crippen LogP contribution in [0.5, 0.6) is 11.5 Å². The number of pyridine rings is 1. The Morgan fingerprint density at radius 1 is 1.19 bits per heavy atom. The summed E-state index contributed by atoms with van der Waals surface area (Å²) in [6.45, 7) is 8.91. The molecule has 1 N–H and O–H groups in total. The Bertz CT molecular complexity index is 702. The third-order valence-corrected chi connectivity index (χ3v) is 5.02. The first-order valence-electron chi connectivity index (χ1n) is 9.47. The van der Waals surface area contributed by atoms with E-state index in [2.05, 4.69) is 47.2 Å². The number of ether oxygens (including phenoxy) is 2. The normalized spacial score (nSPS) is 16.4. The van der Waals surface area contributed by atoms with E-state index >= 15 is 0 Å². The van der Waals surface area contributed by atoms with Gasteiger partial charge in [-0.15, -0.1) is 0 Å². The van der Waals surface area contributed by atoms with Gasteiger partial charge < -0.3 is 19.7 Å². The molecule has 26 heavy (non-hydrogen) atoms. The highest BCUT2D eigenvalue weighted by molar-refractivity contribution is 5.51. The minimum absolute atomic E-state index is 0.0935. The lowest BCUT2D eigenvalue weighted by Gasteiger charge is -2.28. The fourth-order valence-electron chi connectivity index (χ4n) is 3.47. The van der Waals surface area contributed by atoms with E-state index in [0.717, 1.165) is 49.8 Å². The lowest BCUT2D eigenvalue weighted by Crippen LogP contribution is -2.31. The quantitative estimate of drug-likeness (QED) is 0.789. The molecular formula is C21H29N3O2. The largest absolute Gasteiger partial charge is 0.493 e. The van der Waals surface area contributed by atoms with Crippen LogP contribution in [0.3, 0.4) is 0 Å². The average Bonchev–Trinajstić information content (AvgIpc) is 2.70. The molecule has 1 aliphatic heterocycles. The van der Waals surface area contributed by atoms with Gasteiger partial charge >= 0.3 is 0 Å². The van der Waals surface area contributed by atoms with Gasteiger partial charge in [-0.2, -0.15) is 0 Å². The van der Waals surface area contributed by atoms with Crippen LogP contribution in [-0.4, -0.2) is 49.8 Å². The molecule has 1 aliphatic rings.